The lowest BCUT2D eigenvalue weighted by molar-refractivity contribution is -0.141. The molecule has 1 amide bonds. The molecule has 2 aromatic rings. The highest BCUT2D eigenvalue weighted by atomic mass is 35.5. The van der Waals surface area contributed by atoms with Crippen molar-refractivity contribution in [1.82, 2.24) is 5.16 Å². The van der Waals surface area contributed by atoms with Gasteiger partial charge in [-0.3, -0.25) is 9.59 Å². The molecular formula is C28H35ClN2O4. The monoisotopic (exact) mass is 498 g/mol. The van der Waals surface area contributed by atoms with E-state index in [-0.39, 0.29) is 11.8 Å². The van der Waals surface area contributed by atoms with Crippen LogP contribution in [-0.4, -0.2) is 22.1 Å². The number of aryl methyl sites for hydroxylation is 1. The standard InChI is InChI=1S/C28H35ClN2O4/c1-14(2)8-16-10-18(11-16)26-24(17-5-6-17)25(31-35-26)20-12-19(28(33)34)13-21(20)27(32)30-23-7-4-15(3)9-22(23)29/h4,7,9,14,16-21H,5-6,8,10-13H2,1-3H3,(H,30,32)(H,33,34)/t16?,18?,19-,20+,21+/m0/s1. The first kappa shape index (κ1) is 24.4. The molecule has 1 aromatic carbocycles. The molecule has 0 unspecified atom stereocenters. The molecule has 3 saturated carbocycles. The lowest BCUT2D eigenvalue weighted by Crippen LogP contribution is -2.26. The quantitative estimate of drug-likeness (QED) is 0.413. The van der Waals surface area contributed by atoms with Crippen molar-refractivity contribution in [3.63, 3.8) is 0 Å². The van der Waals surface area contributed by atoms with Crippen molar-refractivity contribution in [3.05, 3.63) is 45.8 Å². The van der Waals surface area contributed by atoms with Crippen molar-refractivity contribution >= 4 is 29.2 Å². The molecule has 0 bridgehead atoms. The molecule has 3 fully saturated rings. The molecular weight excluding hydrogens is 464 g/mol. The maximum Gasteiger partial charge on any atom is 0.306 e. The minimum absolute atomic E-state index is 0.198. The SMILES string of the molecule is Cc1ccc(NC(=O)[C@@H]2C[C@@H](C(=O)O)C[C@H]2c2noc(C3CC(CC(C)C)C3)c2C2CC2)c(Cl)c1. The number of aromatic nitrogens is 1. The Labute approximate surface area is 211 Å². The third kappa shape index (κ3) is 5.00. The number of nitrogens with one attached hydrogen (secondary N) is 1. The number of carboxylic acid groups (broad SMARTS) is 1. The first-order chi connectivity index (χ1) is 16.7. The van der Waals surface area contributed by atoms with E-state index in [2.05, 4.69) is 24.3 Å². The summed E-state index contributed by atoms with van der Waals surface area (Å²) in [5, 5.41) is 17.7. The van der Waals surface area contributed by atoms with E-state index in [1.54, 1.807) is 6.07 Å². The lowest BCUT2D eigenvalue weighted by Gasteiger charge is -2.35. The zero-order valence-corrected chi connectivity index (χ0v) is 21.5. The highest BCUT2D eigenvalue weighted by Gasteiger charge is 2.48. The topological polar surface area (TPSA) is 92.4 Å². The average Bonchev–Trinajstić information content (AvgIpc) is 3.35. The second-order valence-corrected chi connectivity index (χ2v) is 11.9. The van der Waals surface area contributed by atoms with Gasteiger partial charge in [-0.05, 0) is 87.3 Å². The van der Waals surface area contributed by atoms with Crippen LogP contribution in [0.1, 0.15) is 99.1 Å². The van der Waals surface area contributed by atoms with E-state index in [9.17, 15) is 14.7 Å². The number of anilines is 1. The maximum absolute atomic E-state index is 13.4. The Bertz CT molecular complexity index is 1120. The summed E-state index contributed by atoms with van der Waals surface area (Å²) in [5.41, 5.74) is 3.57. The van der Waals surface area contributed by atoms with Crippen LogP contribution in [0.2, 0.25) is 5.02 Å². The summed E-state index contributed by atoms with van der Waals surface area (Å²) in [7, 11) is 0. The van der Waals surface area contributed by atoms with Gasteiger partial charge in [-0.25, -0.2) is 0 Å². The molecule has 7 heteroatoms. The largest absolute Gasteiger partial charge is 0.481 e. The van der Waals surface area contributed by atoms with E-state index >= 15 is 0 Å². The van der Waals surface area contributed by atoms with Gasteiger partial charge < -0.3 is 14.9 Å². The fourth-order valence-corrected chi connectivity index (χ4v) is 6.54. The van der Waals surface area contributed by atoms with Crippen LogP contribution in [0.4, 0.5) is 5.69 Å². The molecule has 35 heavy (non-hydrogen) atoms. The number of aliphatic carboxylic acids is 1. The molecule has 1 aromatic heterocycles. The third-order valence-corrected chi connectivity index (χ3v) is 8.48. The number of hydrogen-bond donors (Lipinski definition) is 2. The molecule has 2 N–H and O–H groups in total. The number of carbonyl (C=O) groups is 2. The van der Waals surface area contributed by atoms with E-state index in [0.29, 0.717) is 41.3 Å². The van der Waals surface area contributed by atoms with E-state index < -0.39 is 17.8 Å². The van der Waals surface area contributed by atoms with Gasteiger partial charge in [0.2, 0.25) is 5.91 Å². The van der Waals surface area contributed by atoms with Gasteiger partial charge in [0.15, 0.2) is 0 Å². The Morgan fingerprint density at radius 1 is 1.17 bits per heavy atom. The number of carboxylic acids is 1. The summed E-state index contributed by atoms with van der Waals surface area (Å²) in [6.45, 7) is 6.48. The van der Waals surface area contributed by atoms with Crippen LogP contribution in [0.25, 0.3) is 0 Å². The van der Waals surface area contributed by atoms with Crippen LogP contribution < -0.4 is 5.32 Å². The third-order valence-electron chi connectivity index (χ3n) is 8.16. The Balaban J connectivity index is 1.40. The van der Waals surface area contributed by atoms with Crippen molar-refractivity contribution in [2.24, 2.45) is 23.7 Å². The van der Waals surface area contributed by atoms with Gasteiger partial charge in [0.25, 0.3) is 0 Å². The van der Waals surface area contributed by atoms with E-state index in [4.69, 9.17) is 16.1 Å². The normalized spacial score (nSPS) is 28.2. The van der Waals surface area contributed by atoms with Crippen molar-refractivity contribution in [2.45, 2.75) is 83.5 Å². The number of amides is 1. The zero-order chi connectivity index (χ0) is 24.9. The minimum atomic E-state index is -0.856. The van der Waals surface area contributed by atoms with Crippen LogP contribution >= 0.6 is 11.6 Å². The number of carbonyl (C=O) groups excluding carboxylic acids is 1. The molecule has 3 atom stereocenters. The van der Waals surface area contributed by atoms with Gasteiger partial charge in [0, 0.05) is 23.3 Å². The lowest BCUT2D eigenvalue weighted by atomic mass is 9.69. The number of nitrogens with zero attached hydrogens (tertiary/aromatic N) is 1. The van der Waals surface area contributed by atoms with Gasteiger partial charge in [-0.1, -0.05) is 36.7 Å². The molecule has 5 rings (SSSR count). The molecule has 188 valence electrons. The van der Waals surface area contributed by atoms with Crippen molar-refractivity contribution in [3.8, 4) is 0 Å². The number of benzene rings is 1. The fraction of sp³-hybridized carbons (Fsp3) is 0.607. The van der Waals surface area contributed by atoms with Gasteiger partial charge in [0.05, 0.1) is 22.3 Å². The summed E-state index contributed by atoms with van der Waals surface area (Å²) in [6, 6.07) is 5.50. The maximum atomic E-state index is 13.4. The summed E-state index contributed by atoms with van der Waals surface area (Å²) < 4.78 is 5.99. The molecule has 3 aliphatic carbocycles. The van der Waals surface area contributed by atoms with Crippen LogP contribution in [0, 0.1) is 30.6 Å². The molecule has 0 spiro atoms. The van der Waals surface area contributed by atoms with Crippen LogP contribution in [0.3, 0.4) is 0 Å². The number of hydrogen-bond acceptors (Lipinski definition) is 4. The van der Waals surface area contributed by atoms with Crippen molar-refractivity contribution in [1.29, 1.82) is 0 Å². The predicted octanol–water partition coefficient (Wildman–Crippen LogP) is 6.89. The van der Waals surface area contributed by atoms with Crippen molar-refractivity contribution < 1.29 is 19.2 Å². The number of rotatable bonds is 8. The second-order valence-electron chi connectivity index (χ2n) is 11.5. The second kappa shape index (κ2) is 9.61. The summed E-state index contributed by atoms with van der Waals surface area (Å²) >= 11 is 6.36. The number of halogens is 1. The van der Waals surface area contributed by atoms with Crippen LogP contribution in [0.5, 0.6) is 0 Å². The van der Waals surface area contributed by atoms with Crippen LogP contribution in [0.15, 0.2) is 22.7 Å². The molecule has 1 heterocycles. The van der Waals surface area contributed by atoms with E-state index in [0.717, 1.165) is 48.6 Å². The summed E-state index contributed by atoms with van der Waals surface area (Å²) in [5.74, 6) is 0.877. The Kier molecular flexibility index (Phi) is 6.69. The van der Waals surface area contributed by atoms with Gasteiger partial charge in [0.1, 0.15) is 5.76 Å². The van der Waals surface area contributed by atoms with Gasteiger partial charge in [-0.15, -0.1) is 0 Å². The highest BCUT2D eigenvalue weighted by molar-refractivity contribution is 6.33. The molecule has 0 radical (unpaired) electrons. The molecule has 0 saturated heterocycles. The average molecular weight is 499 g/mol. The molecule has 3 aliphatic rings. The minimum Gasteiger partial charge on any atom is -0.481 e. The Hall–Kier alpha value is -2.34. The zero-order valence-electron chi connectivity index (χ0n) is 20.7. The van der Waals surface area contributed by atoms with Crippen molar-refractivity contribution in [2.75, 3.05) is 5.32 Å². The summed E-state index contributed by atoms with van der Waals surface area (Å²) in [4.78, 5) is 25.4. The Morgan fingerprint density at radius 2 is 1.91 bits per heavy atom. The Morgan fingerprint density at radius 3 is 2.54 bits per heavy atom. The smallest absolute Gasteiger partial charge is 0.306 e. The summed E-state index contributed by atoms with van der Waals surface area (Å²) in [6.07, 6.45) is 6.41. The van der Waals surface area contributed by atoms with Gasteiger partial charge >= 0.3 is 5.97 Å². The van der Waals surface area contributed by atoms with Crippen LogP contribution in [-0.2, 0) is 9.59 Å². The molecule has 6 nitrogen and oxygen atoms in total. The van der Waals surface area contributed by atoms with E-state index in [1.165, 1.54) is 12.0 Å². The van der Waals surface area contributed by atoms with E-state index in [1.807, 2.05) is 19.1 Å². The molecule has 0 aliphatic heterocycles. The highest BCUT2D eigenvalue weighted by Crippen LogP contribution is 2.55. The first-order valence-electron chi connectivity index (χ1n) is 13.0. The fourth-order valence-electron chi connectivity index (χ4n) is 6.25. The first-order valence-corrected chi connectivity index (χ1v) is 13.4. The predicted molar refractivity (Wildman–Crippen MR) is 135 cm³/mol. The van der Waals surface area contributed by atoms with Gasteiger partial charge in [-0.2, -0.15) is 0 Å².